The summed E-state index contributed by atoms with van der Waals surface area (Å²) in [5.74, 6) is 0.276. The van der Waals surface area contributed by atoms with E-state index in [0.29, 0.717) is 0 Å². The summed E-state index contributed by atoms with van der Waals surface area (Å²) >= 11 is 0. The van der Waals surface area contributed by atoms with Crippen molar-refractivity contribution in [1.82, 2.24) is 0 Å². The Morgan fingerprint density at radius 1 is 0.722 bits per heavy atom. The molecule has 0 radical (unpaired) electrons. The highest BCUT2D eigenvalue weighted by Crippen LogP contribution is 2.30. The van der Waals surface area contributed by atoms with Gasteiger partial charge in [-0.05, 0) is 22.1 Å². The van der Waals surface area contributed by atoms with Crippen LogP contribution in [0.4, 0.5) is 5.69 Å². The molecule has 2 aromatic rings. The minimum absolute atomic E-state index is 0.276. The number of nitrogens with zero attached hydrogens (tertiary/aromatic N) is 5. The number of rotatable bonds is 2. The molecule has 2 aromatic carbocycles. The highest BCUT2D eigenvalue weighted by atomic mass is 15.6. The topological polar surface area (TPSA) is 61.8 Å². The van der Waals surface area contributed by atoms with Gasteiger partial charge in [0.25, 0.3) is 5.96 Å². The Kier molecular flexibility index (Phi) is 2.71. The fourth-order valence-electron chi connectivity index (χ4n) is 1.73. The summed E-state index contributed by atoms with van der Waals surface area (Å²) in [6, 6.07) is 17.9. The van der Waals surface area contributed by atoms with Crippen LogP contribution in [0.15, 0.2) is 80.3 Å². The molecule has 0 fully saturated rings. The second-order valence-electron chi connectivity index (χ2n) is 3.67. The zero-order valence-electron chi connectivity index (χ0n) is 9.43. The van der Waals surface area contributed by atoms with Crippen molar-refractivity contribution in [2.24, 2.45) is 25.7 Å². The molecule has 0 N–H and O–H groups in total. The normalized spacial score (nSPS) is 13.0. The number of benzene rings is 2. The SMILES string of the molecule is c1ccc(-c2ccccc2N=C2N=NN=N2)cc1. The van der Waals surface area contributed by atoms with Gasteiger partial charge in [0.1, 0.15) is 0 Å². The first-order valence-electron chi connectivity index (χ1n) is 5.48. The minimum Gasteiger partial charge on any atom is -0.208 e. The average molecular weight is 235 g/mol. The van der Waals surface area contributed by atoms with Crippen LogP contribution < -0.4 is 0 Å². The van der Waals surface area contributed by atoms with Crippen LogP contribution in [0.5, 0.6) is 0 Å². The molecule has 0 amide bonds. The molecule has 0 saturated heterocycles. The third-order valence-electron chi connectivity index (χ3n) is 2.52. The fraction of sp³-hybridized carbons (Fsp3) is 0. The van der Waals surface area contributed by atoms with Crippen molar-refractivity contribution in [3.05, 3.63) is 54.6 Å². The molecule has 1 aliphatic heterocycles. The maximum absolute atomic E-state index is 4.33. The number of para-hydroxylation sites is 1. The molecule has 1 heterocycles. The fourth-order valence-corrected chi connectivity index (χ4v) is 1.73. The molecular weight excluding hydrogens is 226 g/mol. The minimum atomic E-state index is 0.276. The summed E-state index contributed by atoms with van der Waals surface area (Å²) in [5, 5.41) is 14.2. The van der Waals surface area contributed by atoms with Gasteiger partial charge in [-0.3, -0.25) is 0 Å². The number of guanidine groups is 1. The van der Waals surface area contributed by atoms with Gasteiger partial charge in [-0.2, -0.15) is 0 Å². The Labute approximate surface area is 104 Å². The Bertz CT molecular complexity index is 629. The summed E-state index contributed by atoms with van der Waals surface area (Å²) in [7, 11) is 0. The standard InChI is InChI=1S/C13H9N5/c1-2-6-10(7-3-1)11-8-4-5-9-12(11)14-13-15-17-18-16-13/h1-9H. The zero-order valence-corrected chi connectivity index (χ0v) is 9.43. The molecule has 0 bridgehead atoms. The number of hydrogen-bond acceptors (Lipinski definition) is 3. The highest BCUT2D eigenvalue weighted by molar-refractivity contribution is 5.87. The predicted molar refractivity (Wildman–Crippen MR) is 68.7 cm³/mol. The largest absolute Gasteiger partial charge is 0.292 e. The van der Waals surface area contributed by atoms with Crippen molar-refractivity contribution in [3.8, 4) is 11.1 Å². The van der Waals surface area contributed by atoms with Crippen LogP contribution in [-0.4, -0.2) is 5.96 Å². The van der Waals surface area contributed by atoms with Crippen LogP contribution >= 0.6 is 0 Å². The van der Waals surface area contributed by atoms with E-state index in [1.54, 1.807) is 0 Å². The molecule has 86 valence electrons. The first kappa shape index (κ1) is 10.5. The smallest absolute Gasteiger partial charge is 0.208 e. The van der Waals surface area contributed by atoms with E-state index >= 15 is 0 Å². The van der Waals surface area contributed by atoms with E-state index in [-0.39, 0.29) is 5.96 Å². The van der Waals surface area contributed by atoms with Gasteiger partial charge >= 0.3 is 0 Å². The van der Waals surface area contributed by atoms with Gasteiger partial charge in [-0.1, -0.05) is 58.8 Å². The summed E-state index contributed by atoms with van der Waals surface area (Å²) in [5.41, 5.74) is 2.94. The van der Waals surface area contributed by atoms with Crippen LogP contribution in [0.2, 0.25) is 0 Å². The quantitative estimate of drug-likeness (QED) is 0.749. The predicted octanol–water partition coefficient (Wildman–Crippen LogP) is 4.17. The highest BCUT2D eigenvalue weighted by Gasteiger charge is 2.06. The second kappa shape index (κ2) is 4.67. The van der Waals surface area contributed by atoms with Crippen LogP contribution in [-0.2, 0) is 0 Å². The molecule has 0 saturated carbocycles. The Morgan fingerprint density at radius 3 is 2.17 bits per heavy atom. The zero-order chi connectivity index (χ0) is 12.2. The van der Waals surface area contributed by atoms with Gasteiger partial charge in [-0.25, -0.2) is 4.99 Å². The third-order valence-corrected chi connectivity index (χ3v) is 2.52. The second-order valence-corrected chi connectivity index (χ2v) is 3.67. The molecule has 0 aliphatic carbocycles. The lowest BCUT2D eigenvalue weighted by Crippen LogP contribution is -1.84. The van der Waals surface area contributed by atoms with Gasteiger partial charge in [0.15, 0.2) is 0 Å². The number of hydrogen-bond donors (Lipinski definition) is 0. The lowest BCUT2D eigenvalue weighted by molar-refractivity contribution is 1.06. The molecular formula is C13H9N5. The molecule has 18 heavy (non-hydrogen) atoms. The van der Waals surface area contributed by atoms with Gasteiger partial charge in [0, 0.05) is 5.56 Å². The van der Waals surface area contributed by atoms with E-state index in [2.05, 4.69) is 25.7 Å². The maximum Gasteiger partial charge on any atom is 0.292 e. The van der Waals surface area contributed by atoms with E-state index in [1.165, 1.54) is 0 Å². The van der Waals surface area contributed by atoms with Crippen molar-refractivity contribution in [2.75, 3.05) is 0 Å². The average Bonchev–Trinajstić information content (AvgIpc) is 2.93. The first-order chi connectivity index (χ1) is 8.93. The summed E-state index contributed by atoms with van der Waals surface area (Å²) in [6.45, 7) is 0. The van der Waals surface area contributed by atoms with Gasteiger partial charge < -0.3 is 0 Å². The van der Waals surface area contributed by atoms with Crippen LogP contribution in [0.1, 0.15) is 0 Å². The van der Waals surface area contributed by atoms with Crippen molar-refractivity contribution in [3.63, 3.8) is 0 Å². The molecule has 0 unspecified atom stereocenters. The van der Waals surface area contributed by atoms with Crippen LogP contribution in [0, 0.1) is 0 Å². The van der Waals surface area contributed by atoms with Gasteiger partial charge in [0.05, 0.1) is 5.69 Å². The van der Waals surface area contributed by atoms with E-state index in [9.17, 15) is 0 Å². The van der Waals surface area contributed by atoms with E-state index in [1.807, 2.05) is 54.6 Å². The van der Waals surface area contributed by atoms with E-state index < -0.39 is 0 Å². The lowest BCUT2D eigenvalue weighted by atomic mass is 10.0. The third kappa shape index (κ3) is 2.06. The van der Waals surface area contributed by atoms with Crippen LogP contribution in [0.25, 0.3) is 11.1 Å². The summed E-state index contributed by atoms with van der Waals surface area (Å²) < 4.78 is 0. The van der Waals surface area contributed by atoms with Crippen molar-refractivity contribution in [2.45, 2.75) is 0 Å². The van der Waals surface area contributed by atoms with Crippen molar-refractivity contribution >= 4 is 11.6 Å². The van der Waals surface area contributed by atoms with Crippen molar-refractivity contribution in [1.29, 1.82) is 0 Å². The maximum atomic E-state index is 4.33. The van der Waals surface area contributed by atoms with E-state index in [0.717, 1.165) is 16.8 Å². The number of aliphatic imine (C=N–C) groups is 1. The van der Waals surface area contributed by atoms with Crippen molar-refractivity contribution < 1.29 is 0 Å². The van der Waals surface area contributed by atoms with Crippen LogP contribution in [0.3, 0.4) is 0 Å². The van der Waals surface area contributed by atoms with E-state index in [4.69, 9.17) is 0 Å². The molecule has 5 heteroatoms. The van der Waals surface area contributed by atoms with Gasteiger partial charge in [0.2, 0.25) is 0 Å². The first-order valence-corrected chi connectivity index (χ1v) is 5.48. The molecule has 0 atom stereocenters. The Morgan fingerprint density at radius 2 is 1.39 bits per heavy atom. The summed E-state index contributed by atoms with van der Waals surface area (Å²) in [4.78, 5) is 4.33. The molecule has 0 spiro atoms. The lowest BCUT2D eigenvalue weighted by Gasteiger charge is -2.04. The summed E-state index contributed by atoms with van der Waals surface area (Å²) in [6.07, 6.45) is 0. The van der Waals surface area contributed by atoms with Gasteiger partial charge in [-0.15, -0.1) is 0 Å². The Balaban J connectivity index is 2.08. The molecule has 0 aromatic heterocycles. The Hall–Kier alpha value is -2.69. The monoisotopic (exact) mass is 235 g/mol. The molecule has 5 nitrogen and oxygen atoms in total. The molecule has 1 aliphatic rings. The molecule has 3 rings (SSSR count).